The number of carbonyl (C=O) groups is 2. The van der Waals surface area contributed by atoms with Crippen LogP contribution in [0.5, 0.6) is 5.75 Å². The second-order valence-corrected chi connectivity index (χ2v) is 7.19. The Balaban J connectivity index is 1.47. The van der Waals surface area contributed by atoms with Crippen molar-refractivity contribution in [3.05, 3.63) is 106 Å². The van der Waals surface area contributed by atoms with Crippen molar-refractivity contribution >= 4 is 34.8 Å². The molecule has 0 radical (unpaired) electrons. The van der Waals surface area contributed by atoms with E-state index in [2.05, 4.69) is 16.2 Å². The summed E-state index contributed by atoms with van der Waals surface area (Å²) in [5, 5.41) is 13.0. The molecular weight excluding hydrogens is 444 g/mol. The molecule has 33 heavy (non-hydrogen) atoms. The van der Waals surface area contributed by atoms with Gasteiger partial charge in [0.1, 0.15) is 5.75 Å². The van der Waals surface area contributed by atoms with Crippen molar-refractivity contribution in [2.75, 3.05) is 6.61 Å². The molecule has 0 bridgehead atoms. The van der Waals surface area contributed by atoms with Crippen molar-refractivity contribution in [3.63, 3.8) is 0 Å². The van der Waals surface area contributed by atoms with Crippen molar-refractivity contribution in [2.45, 2.75) is 6.42 Å². The van der Waals surface area contributed by atoms with Crippen molar-refractivity contribution in [1.29, 1.82) is 0 Å². The van der Waals surface area contributed by atoms with E-state index in [9.17, 15) is 19.7 Å². The number of carbonyl (C=O) groups excluding carboxylic acids is 2. The molecule has 3 aromatic rings. The van der Waals surface area contributed by atoms with Gasteiger partial charge in [0.15, 0.2) is 5.11 Å². The summed E-state index contributed by atoms with van der Waals surface area (Å²) in [4.78, 5) is 34.7. The minimum absolute atomic E-state index is 0.120. The summed E-state index contributed by atoms with van der Waals surface area (Å²) in [5.74, 6) is -0.509. The van der Waals surface area contributed by atoms with Gasteiger partial charge in [0.2, 0.25) is 0 Å². The summed E-state index contributed by atoms with van der Waals surface area (Å²) in [5.41, 5.74) is 6.28. The van der Waals surface area contributed by atoms with E-state index >= 15 is 0 Å². The molecule has 3 aromatic carbocycles. The SMILES string of the molecule is O=C(NNC(=S)NC(=O)c1cccc(OCCc2ccccc2)c1)c1ccc([N+](=O)[O-])cc1. The average Bonchev–Trinajstić information content (AvgIpc) is 2.83. The molecule has 0 aliphatic carbocycles. The van der Waals surface area contributed by atoms with Crippen LogP contribution in [0.4, 0.5) is 5.69 Å². The fourth-order valence-electron chi connectivity index (χ4n) is 2.79. The number of nitrogens with zero attached hydrogens (tertiary/aromatic N) is 1. The van der Waals surface area contributed by atoms with Gasteiger partial charge < -0.3 is 4.74 Å². The van der Waals surface area contributed by atoms with Crippen LogP contribution in [-0.2, 0) is 6.42 Å². The van der Waals surface area contributed by atoms with Gasteiger partial charge in [0.25, 0.3) is 17.5 Å². The number of non-ortho nitro benzene ring substituents is 1. The number of nitro benzene ring substituents is 1. The summed E-state index contributed by atoms with van der Waals surface area (Å²) in [7, 11) is 0. The van der Waals surface area contributed by atoms with Gasteiger partial charge in [-0.1, -0.05) is 36.4 Å². The number of nitro groups is 1. The highest BCUT2D eigenvalue weighted by Gasteiger charge is 2.12. The smallest absolute Gasteiger partial charge is 0.269 e. The maximum Gasteiger partial charge on any atom is 0.269 e. The molecule has 9 nitrogen and oxygen atoms in total. The lowest BCUT2D eigenvalue weighted by Gasteiger charge is -2.12. The second kappa shape index (κ2) is 11.3. The zero-order chi connectivity index (χ0) is 23.6. The number of thiocarbonyl (C=S) groups is 1. The van der Waals surface area contributed by atoms with Crippen LogP contribution in [0.25, 0.3) is 0 Å². The molecule has 0 unspecified atom stereocenters. The third-order valence-corrected chi connectivity index (χ3v) is 4.66. The highest BCUT2D eigenvalue weighted by atomic mass is 32.1. The lowest BCUT2D eigenvalue weighted by atomic mass is 10.2. The maximum absolute atomic E-state index is 12.4. The van der Waals surface area contributed by atoms with Crippen LogP contribution in [0.15, 0.2) is 78.9 Å². The average molecular weight is 465 g/mol. The predicted molar refractivity (Wildman–Crippen MR) is 126 cm³/mol. The molecule has 168 valence electrons. The Bertz CT molecular complexity index is 1150. The molecule has 3 rings (SSSR count). The number of hydrazine groups is 1. The molecule has 0 aromatic heterocycles. The lowest BCUT2D eigenvalue weighted by molar-refractivity contribution is -0.384. The van der Waals surface area contributed by atoms with E-state index in [1.165, 1.54) is 24.3 Å². The van der Waals surface area contributed by atoms with Crippen LogP contribution in [0.2, 0.25) is 0 Å². The van der Waals surface area contributed by atoms with Crippen molar-refractivity contribution in [2.24, 2.45) is 0 Å². The Morgan fingerprint density at radius 3 is 2.30 bits per heavy atom. The first-order chi connectivity index (χ1) is 15.9. The third kappa shape index (κ3) is 7.11. The molecule has 0 spiro atoms. The number of benzene rings is 3. The third-order valence-electron chi connectivity index (χ3n) is 4.46. The Morgan fingerprint density at radius 2 is 1.61 bits per heavy atom. The van der Waals surface area contributed by atoms with Crippen LogP contribution in [0.3, 0.4) is 0 Å². The van der Waals surface area contributed by atoms with E-state index in [4.69, 9.17) is 17.0 Å². The standard InChI is InChI=1S/C23H20N4O5S/c28-21(18-7-4-8-20(15-18)32-14-13-16-5-2-1-3-6-16)24-23(33)26-25-22(29)17-9-11-19(12-10-17)27(30)31/h1-12,15H,13-14H2,(H,25,29)(H2,24,26,28,33). The first kappa shape index (κ1) is 23.4. The topological polar surface area (TPSA) is 123 Å². The fraction of sp³-hybridized carbons (Fsp3) is 0.0870. The highest BCUT2D eigenvalue weighted by molar-refractivity contribution is 7.80. The number of hydrogen-bond donors (Lipinski definition) is 3. The summed E-state index contributed by atoms with van der Waals surface area (Å²) < 4.78 is 5.73. The molecule has 0 fully saturated rings. The Kier molecular flexibility index (Phi) is 8.03. The first-order valence-corrected chi connectivity index (χ1v) is 10.3. The molecule has 0 aliphatic rings. The molecule has 0 heterocycles. The molecule has 10 heteroatoms. The van der Waals surface area contributed by atoms with Gasteiger partial charge in [-0.3, -0.25) is 35.9 Å². The van der Waals surface area contributed by atoms with Gasteiger partial charge in [-0.15, -0.1) is 0 Å². The van der Waals surface area contributed by atoms with E-state index in [1.54, 1.807) is 24.3 Å². The van der Waals surface area contributed by atoms with E-state index < -0.39 is 16.7 Å². The van der Waals surface area contributed by atoms with Crippen LogP contribution in [-0.4, -0.2) is 28.5 Å². The van der Waals surface area contributed by atoms with Gasteiger partial charge in [-0.25, -0.2) is 0 Å². The highest BCUT2D eigenvalue weighted by Crippen LogP contribution is 2.14. The van der Waals surface area contributed by atoms with E-state index in [0.29, 0.717) is 17.9 Å². The van der Waals surface area contributed by atoms with E-state index in [1.807, 2.05) is 30.3 Å². The van der Waals surface area contributed by atoms with E-state index in [0.717, 1.165) is 12.0 Å². The fourth-order valence-corrected chi connectivity index (χ4v) is 2.93. The molecule has 2 amide bonds. The summed E-state index contributed by atoms with van der Waals surface area (Å²) >= 11 is 5.03. The zero-order valence-electron chi connectivity index (χ0n) is 17.3. The molecular formula is C23H20N4O5S. The first-order valence-electron chi connectivity index (χ1n) is 9.85. The minimum atomic E-state index is -0.574. The van der Waals surface area contributed by atoms with Crippen LogP contribution in [0.1, 0.15) is 26.3 Å². The van der Waals surface area contributed by atoms with Crippen molar-refractivity contribution < 1.29 is 19.2 Å². The Hall–Kier alpha value is -4.31. The van der Waals surface area contributed by atoms with E-state index in [-0.39, 0.29) is 16.4 Å². The van der Waals surface area contributed by atoms with Crippen LogP contribution >= 0.6 is 12.2 Å². The normalized spacial score (nSPS) is 10.1. The molecule has 3 N–H and O–H groups in total. The second-order valence-electron chi connectivity index (χ2n) is 6.78. The lowest BCUT2D eigenvalue weighted by Crippen LogP contribution is -2.48. The predicted octanol–water partition coefficient (Wildman–Crippen LogP) is 3.17. The molecule has 0 aliphatic heterocycles. The Labute approximate surface area is 194 Å². The number of hydrogen-bond acceptors (Lipinski definition) is 6. The largest absolute Gasteiger partial charge is 0.493 e. The quantitative estimate of drug-likeness (QED) is 0.279. The van der Waals surface area contributed by atoms with Gasteiger partial charge >= 0.3 is 0 Å². The zero-order valence-corrected chi connectivity index (χ0v) is 18.1. The van der Waals surface area contributed by atoms with Gasteiger partial charge in [0, 0.05) is 29.7 Å². The van der Waals surface area contributed by atoms with Gasteiger partial charge in [-0.2, -0.15) is 0 Å². The summed E-state index contributed by atoms with van der Waals surface area (Å²) in [6, 6.07) is 21.6. The molecule has 0 saturated heterocycles. The monoisotopic (exact) mass is 464 g/mol. The molecule has 0 atom stereocenters. The van der Waals surface area contributed by atoms with Crippen LogP contribution < -0.4 is 20.9 Å². The molecule has 0 saturated carbocycles. The number of rotatable bonds is 7. The van der Waals surface area contributed by atoms with Gasteiger partial charge in [-0.05, 0) is 48.1 Å². The number of ether oxygens (including phenoxy) is 1. The summed E-state index contributed by atoms with van der Waals surface area (Å²) in [6.45, 7) is 0.462. The Morgan fingerprint density at radius 1 is 0.879 bits per heavy atom. The van der Waals surface area contributed by atoms with Crippen LogP contribution in [0, 0.1) is 10.1 Å². The summed E-state index contributed by atoms with van der Waals surface area (Å²) in [6.07, 6.45) is 0.736. The number of nitrogens with one attached hydrogen (secondary N) is 3. The number of amides is 2. The van der Waals surface area contributed by atoms with Crippen molar-refractivity contribution in [3.8, 4) is 5.75 Å². The van der Waals surface area contributed by atoms with Crippen molar-refractivity contribution in [1.82, 2.24) is 16.2 Å². The minimum Gasteiger partial charge on any atom is -0.493 e. The maximum atomic E-state index is 12.4. The van der Waals surface area contributed by atoms with Gasteiger partial charge in [0.05, 0.1) is 11.5 Å².